The SMILES string of the molecule is CC(C)CC[C@@H](N)c1ccc(O)c(O)c1O.Cl. The van der Waals surface area contributed by atoms with Crippen LogP contribution in [0.1, 0.15) is 38.3 Å². The molecule has 4 nitrogen and oxygen atoms in total. The summed E-state index contributed by atoms with van der Waals surface area (Å²) in [6.07, 6.45) is 1.68. The summed E-state index contributed by atoms with van der Waals surface area (Å²) in [6, 6.07) is 2.54. The third-order valence-electron chi connectivity index (χ3n) is 2.62. The minimum Gasteiger partial charge on any atom is -0.504 e. The van der Waals surface area contributed by atoms with Crippen LogP contribution >= 0.6 is 12.4 Å². The van der Waals surface area contributed by atoms with E-state index in [4.69, 9.17) is 5.73 Å². The Morgan fingerprint density at radius 1 is 1.06 bits per heavy atom. The molecule has 0 aliphatic rings. The molecule has 98 valence electrons. The Bertz CT molecular complexity index is 369. The molecule has 1 aromatic rings. The van der Waals surface area contributed by atoms with Gasteiger partial charge in [-0.2, -0.15) is 0 Å². The molecular weight excluding hydrogens is 242 g/mol. The van der Waals surface area contributed by atoms with Gasteiger partial charge in [-0.25, -0.2) is 0 Å². The van der Waals surface area contributed by atoms with Gasteiger partial charge in [0, 0.05) is 11.6 Å². The molecule has 5 heteroatoms. The first-order chi connectivity index (χ1) is 7.43. The molecule has 0 aliphatic heterocycles. The summed E-state index contributed by atoms with van der Waals surface area (Å²) in [5, 5.41) is 28.2. The standard InChI is InChI=1S/C12H19NO3.ClH/c1-7(2)3-5-9(13)8-4-6-10(14)12(16)11(8)15;/h4,6-7,9,14-16H,3,5,13H2,1-2H3;1H/t9-;/m1./s1. The van der Waals surface area contributed by atoms with Gasteiger partial charge >= 0.3 is 0 Å². The highest BCUT2D eigenvalue weighted by molar-refractivity contribution is 5.85. The van der Waals surface area contributed by atoms with Crippen LogP contribution in [0.4, 0.5) is 0 Å². The number of nitrogens with two attached hydrogens (primary N) is 1. The summed E-state index contributed by atoms with van der Waals surface area (Å²) in [4.78, 5) is 0. The largest absolute Gasteiger partial charge is 0.504 e. The fourth-order valence-electron chi connectivity index (χ4n) is 1.55. The Hall–Kier alpha value is -1.13. The predicted octanol–water partition coefficient (Wildman–Crippen LogP) is 2.66. The fourth-order valence-corrected chi connectivity index (χ4v) is 1.55. The van der Waals surface area contributed by atoms with Gasteiger partial charge in [0.25, 0.3) is 0 Å². The third-order valence-corrected chi connectivity index (χ3v) is 2.62. The lowest BCUT2D eigenvalue weighted by molar-refractivity contribution is 0.361. The molecular formula is C12H20ClNO3. The van der Waals surface area contributed by atoms with Crippen LogP contribution in [-0.4, -0.2) is 15.3 Å². The van der Waals surface area contributed by atoms with Crippen molar-refractivity contribution in [1.82, 2.24) is 0 Å². The van der Waals surface area contributed by atoms with E-state index in [2.05, 4.69) is 13.8 Å². The van der Waals surface area contributed by atoms with Gasteiger partial charge in [-0.05, 0) is 30.9 Å². The Morgan fingerprint density at radius 2 is 1.65 bits per heavy atom. The highest BCUT2D eigenvalue weighted by atomic mass is 35.5. The van der Waals surface area contributed by atoms with E-state index in [-0.39, 0.29) is 29.9 Å². The van der Waals surface area contributed by atoms with E-state index >= 15 is 0 Å². The summed E-state index contributed by atoms with van der Waals surface area (Å²) in [7, 11) is 0. The maximum Gasteiger partial charge on any atom is 0.200 e. The van der Waals surface area contributed by atoms with Crippen LogP contribution in [0.3, 0.4) is 0 Å². The monoisotopic (exact) mass is 261 g/mol. The number of phenolic OH excluding ortho intramolecular Hbond substituents is 3. The molecule has 0 unspecified atom stereocenters. The quantitative estimate of drug-likeness (QED) is 0.628. The fraction of sp³-hybridized carbons (Fsp3) is 0.500. The minimum absolute atomic E-state index is 0. The summed E-state index contributed by atoms with van der Waals surface area (Å²) >= 11 is 0. The number of hydrogen-bond donors (Lipinski definition) is 4. The van der Waals surface area contributed by atoms with E-state index in [1.165, 1.54) is 12.1 Å². The topological polar surface area (TPSA) is 86.7 Å². The van der Waals surface area contributed by atoms with E-state index in [9.17, 15) is 15.3 Å². The van der Waals surface area contributed by atoms with Crippen molar-refractivity contribution < 1.29 is 15.3 Å². The van der Waals surface area contributed by atoms with Gasteiger partial charge in [0.2, 0.25) is 5.75 Å². The average molecular weight is 262 g/mol. The molecule has 5 N–H and O–H groups in total. The van der Waals surface area contributed by atoms with Crippen LogP contribution < -0.4 is 5.73 Å². The highest BCUT2D eigenvalue weighted by Gasteiger charge is 2.16. The lowest BCUT2D eigenvalue weighted by Crippen LogP contribution is -2.11. The van der Waals surface area contributed by atoms with Gasteiger partial charge in [-0.15, -0.1) is 12.4 Å². The van der Waals surface area contributed by atoms with E-state index in [0.717, 1.165) is 12.8 Å². The molecule has 0 saturated heterocycles. The van der Waals surface area contributed by atoms with Crippen LogP contribution in [0.15, 0.2) is 12.1 Å². The van der Waals surface area contributed by atoms with Crippen LogP contribution in [0.5, 0.6) is 17.2 Å². The highest BCUT2D eigenvalue weighted by Crippen LogP contribution is 2.40. The van der Waals surface area contributed by atoms with Crippen LogP contribution in [0.25, 0.3) is 0 Å². The molecule has 0 aromatic heterocycles. The van der Waals surface area contributed by atoms with Crippen molar-refractivity contribution in [2.75, 3.05) is 0 Å². The summed E-state index contributed by atoms with van der Waals surface area (Å²) in [5.74, 6) is -0.620. The van der Waals surface area contributed by atoms with Crippen LogP contribution in [-0.2, 0) is 0 Å². The second kappa shape index (κ2) is 6.57. The molecule has 0 radical (unpaired) electrons. The molecule has 0 fully saturated rings. The number of benzene rings is 1. The Kier molecular flexibility index (Phi) is 6.13. The van der Waals surface area contributed by atoms with Crippen molar-refractivity contribution in [2.24, 2.45) is 11.7 Å². The lowest BCUT2D eigenvalue weighted by Gasteiger charge is -2.15. The van der Waals surface area contributed by atoms with Crippen LogP contribution in [0.2, 0.25) is 0 Å². The number of aromatic hydroxyl groups is 3. The van der Waals surface area contributed by atoms with Crippen molar-refractivity contribution in [2.45, 2.75) is 32.7 Å². The van der Waals surface area contributed by atoms with Crippen LogP contribution in [0, 0.1) is 5.92 Å². The summed E-state index contributed by atoms with van der Waals surface area (Å²) in [6.45, 7) is 4.20. The minimum atomic E-state index is -0.502. The Labute approximate surface area is 107 Å². The number of phenols is 3. The van der Waals surface area contributed by atoms with Crippen molar-refractivity contribution in [3.8, 4) is 17.2 Å². The first kappa shape index (κ1) is 15.9. The van der Waals surface area contributed by atoms with Gasteiger partial charge in [0.15, 0.2) is 11.5 Å². The molecule has 1 rings (SSSR count). The zero-order chi connectivity index (χ0) is 12.3. The Morgan fingerprint density at radius 3 is 2.18 bits per heavy atom. The zero-order valence-electron chi connectivity index (χ0n) is 10.1. The van der Waals surface area contributed by atoms with E-state index < -0.39 is 5.75 Å². The summed E-state index contributed by atoms with van der Waals surface area (Å²) < 4.78 is 0. The predicted molar refractivity (Wildman–Crippen MR) is 69.7 cm³/mol. The van der Waals surface area contributed by atoms with Crippen molar-refractivity contribution >= 4 is 12.4 Å². The smallest absolute Gasteiger partial charge is 0.200 e. The van der Waals surface area contributed by atoms with Gasteiger partial charge in [-0.3, -0.25) is 0 Å². The Balaban J connectivity index is 0.00000256. The van der Waals surface area contributed by atoms with E-state index in [1.807, 2.05) is 0 Å². The first-order valence-electron chi connectivity index (χ1n) is 5.42. The van der Waals surface area contributed by atoms with Gasteiger partial charge in [0.1, 0.15) is 0 Å². The maximum atomic E-state index is 9.62. The molecule has 1 atom stereocenters. The maximum absolute atomic E-state index is 9.62. The lowest BCUT2D eigenvalue weighted by atomic mass is 9.97. The zero-order valence-corrected chi connectivity index (χ0v) is 10.9. The molecule has 0 aliphatic carbocycles. The molecule has 0 heterocycles. The van der Waals surface area contributed by atoms with Crippen molar-refractivity contribution in [1.29, 1.82) is 0 Å². The third kappa shape index (κ3) is 3.98. The van der Waals surface area contributed by atoms with Gasteiger partial charge < -0.3 is 21.1 Å². The molecule has 1 aromatic carbocycles. The van der Waals surface area contributed by atoms with E-state index in [1.54, 1.807) is 0 Å². The number of rotatable bonds is 4. The van der Waals surface area contributed by atoms with Crippen molar-refractivity contribution in [3.63, 3.8) is 0 Å². The molecule has 0 bridgehead atoms. The second-order valence-electron chi connectivity index (χ2n) is 4.45. The molecule has 0 spiro atoms. The normalized spacial score (nSPS) is 12.2. The van der Waals surface area contributed by atoms with Gasteiger partial charge in [0.05, 0.1) is 0 Å². The number of halogens is 1. The second-order valence-corrected chi connectivity index (χ2v) is 4.45. The average Bonchev–Trinajstić information content (AvgIpc) is 2.23. The molecule has 17 heavy (non-hydrogen) atoms. The summed E-state index contributed by atoms with van der Waals surface area (Å²) in [5.41, 5.74) is 6.38. The number of hydrogen-bond acceptors (Lipinski definition) is 4. The molecule has 0 amide bonds. The molecule has 0 saturated carbocycles. The first-order valence-corrected chi connectivity index (χ1v) is 5.42. The van der Waals surface area contributed by atoms with Gasteiger partial charge in [-0.1, -0.05) is 13.8 Å². The van der Waals surface area contributed by atoms with Crippen molar-refractivity contribution in [3.05, 3.63) is 17.7 Å². The van der Waals surface area contributed by atoms with E-state index in [0.29, 0.717) is 11.5 Å².